The van der Waals surface area contributed by atoms with E-state index in [1.807, 2.05) is 18.5 Å². The fraction of sp³-hybridized carbons (Fsp3) is 0. The monoisotopic (exact) mass is 562 g/mol. The molecule has 0 fully saturated rings. The zero-order chi connectivity index (χ0) is 29.0. The van der Waals surface area contributed by atoms with E-state index in [0.717, 1.165) is 49.8 Å². The minimum Gasteiger partial charge on any atom is -0.456 e. The number of rotatable bonds is 4. The Morgan fingerprint density at radius 1 is 0.409 bits per heavy atom. The largest absolute Gasteiger partial charge is 0.456 e. The molecule has 3 nitrogen and oxygen atoms in total. The van der Waals surface area contributed by atoms with Gasteiger partial charge in [-0.1, -0.05) is 78.9 Å². The van der Waals surface area contributed by atoms with Crippen LogP contribution in [-0.2, 0) is 0 Å². The molecule has 0 unspecified atom stereocenters. The molecule has 0 aliphatic rings. The molecule has 2 heterocycles. The van der Waals surface area contributed by atoms with Crippen molar-refractivity contribution in [3.8, 4) is 11.1 Å². The van der Waals surface area contributed by atoms with Crippen molar-refractivity contribution >= 4 is 71.3 Å². The average molecular weight is 563 g/mol. The summed E-state index contributed by atoms with van der Waals surface area (Å²) in [5.74, 6) is 0. The molecule has 2 aromatic heterocycles. The molecule has 3 heteroatoms. The van der Waals surface area contributed by atoms with Gasteiger partial charge in [-0.05, 0) is 98.7 Å². The Bertz CT molecular complexity index is 2490. The first kappa shape index (κ1) is 24.6. The Balaban J connectivity index is 1.13. The SMILES string of the molecule is c1ccc(N(c2ccc(-c3ccc4c(ccc5ccccc54)c3)cc2)c2ccc3c(c2)oc2cc4cnccc4cc23)cc1. The van der Waals surface area contributed by atoms with Gasteiger partial charge in [-0.25, -0.2) is 0 Å². The standard InChI is InChI=1S/C41H26N2O/c1-2-7-33(8-3-1)43(35-17-19-38-39-23-30-20-21-42-26-32(30)24-40(39)44-41(38)25-35)34-15-12-27(13-16-34)29-14-18-37-31(22-29)11-10-28-6-4-5-9-36(28)37/h1-26H. The summed E-state index contributed by atoms with van der Waals surface area (Å²) in [4.78, 5) is 6.56. The van der Waals surface area contributed by atoms with E-state index in [9.17, 15) is 0 Å². The van der Waals surface area contributed by atoms with Gasteiger partial charge in [-0.15, -0.1) is 0 Å². The summed E-state index contributed by atoms with van der Waals surface area (Å²) in [7, 11) is 0. The van der Waals surface area contributed by atoms with E-state index in [-0.39, 0.29) is 0 Å². The third kappa shape index (κ3) is 4.02. The van der Waals surface area contributed by atoms with Gasteiger partial charge in [0.05, 0.1) is 0 Å². The zero-order valence-corrected chi connectivity index (χ0v) is 23.8. The Morgan fingerprint density at radius 3 is 2.02 bits per heavy atom. The smallest absolute Gasteiger partial charge is 0.137 e. The highest BCUT2D eigenvalue weighted by atomic mass is 16.3. The summed E-state index contributed by atoms with van der Waals surface area (Å²) < 4.78 is 6.41. The fourth-order valence-electron chi connectivity index (χ4n) is 6.51. The number of benzene rings is 7. The van der Waals surface area contributed by atoms with Crippen LogP contribution in [0.4, 0.5) is 17.1 Å². The second kappa shape index (κ2) is 9.82. The van der Waals surface area contributed by atoms with Crippen LogP contribution in [0, 0.1) is 0 Å². The second-order valence-electron chi connectivity index (χ2n) is 11.3. The lowest BCUT2D eigenvalue weighted by Gasteiger charge is -2.25. The lowest BCUT2D eigenvalue weighted by Crippen LogP contribution is -2.09. The Kier molecular flexibility index (Phi) is 5.50. The van der Waals surface area contributed by atoms with Crippen LogP contribution >= 0.6 is 0 Å². The quantitative estimate of drug-likeness (QED) is 0.200. The maximum absolute atomic E-state index is 6.41. The van der Waals surface area contributed by atoms with Crippen molar-refractivity contribution in [2.45, 2.75) is 0 Å². The number of fused-ring (bicyclic) bond motifs is 7. The summed E-state index contributed by atoms with van der Waals surface area (Å²) in [6, 6.07) is 51.9. The Labute approximate surface area is 254 Å². The van der Waals surface area contributed by atoms with Crippen LogP contribution < -0.4 is 4.90 Å². The zero-order valence-electron chi connectivity index (χ0n) is 23.8. The predicted molar refractivity (Wildman–Crippen MR) is 184 cm³/mol. The number of hydrogen-bond acceptors (Lipinski definition) is 3. The van der Waals surface area contributed by atoms with E-state index < -0.39 is 0 Å². The van der Waals surface area contributed by atoms with Crippen LogP contribution in [0.15, 0.2) is 162 Å². The topological polar surface area (TPSA) is 29.3 Å². The van der Waals surface area contributed by atoms with E-state index in [2.05, 4.69) is 149 Å². The molecule has 0 N–H and O–H groups in total. The highest BCUT2D eigenvalue weighted by molar-refractivity contribution is 6.11. The number of furan rings is 1. The normalized spacial score (nSPS) is 11.6. The van der Waals surface area contributed by atoms with Crippen LogP contribution in [0.25, 0.3) is 65.4 Å². The molecule has 0 atom stereocenters. The fourth-order valence-corrected chi connectivity index (χ4v) is 6.51. The number of aromatic nitrogens is 1. The number of para-hydroxylation sites is 1. The van der Waals surface area contributed by atoms with Gasteiger partial charge in [-0.2, -0.15) is 0 Å². The van der Waals surface area contributed by atoms with Crippen LogP contribution in [0.3, 0.4) is 0 Å². The third-order valence-electron chi connectivity index (χ3n) is 8.69. The molecule has 9 rings (SSSR count). The highest BCUT2D eigenvalue weighted by Gasteiger charge is 2.16. The van der Waals surface area contributed by atoms with Gasteiger partial charge in [0.25, 0.3) is 0 Å². The van der Waals surface area contributed by atoms with Crippen LogP contribution in [-0.4, -0.2) is 4.98 Å². The van der Waals surface area contributed by atoms with E-state index in [1.165, 1.54) is 32.7 Å². The molecule has 9 aromatic rings. The molecule has 0 spiro atoms. The number of anilines is 3. The van der Waals surface area contributed by atoms with Crippen molar-refractivity contribution in [3.63, 3.8) is 0 Å². The highest BCUT2D eigenvalue weighted by Crippen LogP contribution is 2.40. The van der Waals surface area contributed by atoms with Gasteiger partial charge in [0, 0.05) is 51.7 Å². The molecule has 44 heavy (non-hydrogen) atoms. The molecule has 0 bridgehead atoms. The van der Waals surface area contributed by atoms with Crippen LogP contribution in [0.5, 0.6) is 0 Å². The molecule has 0 radical (unpaired) electrons. The van der Waals surface area contributed by atoms with Crippen molar-refractivity contribution in [2.75, 3.05) is 4.90 Å². The molecule has 0 saturated carbocycles. The summed E-state index contributed by atoms with van der Waals surface area (Å²) in [6.45, 7) is 0. The van der Waals surface area contributed by atoms with Crippen LogP contribution in [0.2, 0.25) is 0 Å². The van der Waals surface area contributed by atoms with Crippen molar-refractivity contribution in [3.05, 3.63) is 158 Å². The van der Waals surface area contributed by atoms with E-state index in [1.54, 1.807) is 0 Å². The van der Waals surface area contributed by atoms with E-state index >= 15 is 0 Å². The lowest BCUT2D eigenvalue weighted by molar-refractivity contribution is 0.669. The van der Waals surface area contributed by atoms with Crippen molar-refractivity contribution in [2.24, 2.45) is 0 Å². The molecular weight excluding hydrogens is 536 g/mol. The number of hydrogen-bond donors (Lipinski definition) is 0. The van der Waals surface area contributed by atoms with Gasteiger partial charge in [-0.3, -0.25) is 4.98 Å². The van der Waals surface area contributed by atoms with Gasteiger partial charge in [0.1, 0.15) is 11.2 Å². The Morgan fingerprint density at radius 2 is 1.11 bits per heavy atom. The summed E-state index contributed by atoms with van der Waals surface area (Å²) in [5.41, 5.74) is 7.34. The molecule has 0 saturated heterocycles. The van der Waals surface area contributed by atoms with Crippen molar-refractivity contribution < 1.29 is 4.42 Å². The van der Waals surface area contributed by atoms with Gasteiger partial charge >= 0.3 is 0 Å². The minimum absolute atomic E-state index is 0.863. The summed E-state index contributed by atoms with van der Waals surface area (Å²) >= 11 is 0. The first-order chi connectivity index (χ1) is 21.8. The number of pyridine rings is 1. The first-order valence-corrected chi connectivity index (χ1v) is 14.9. The maximum atomic E-state index is 6.41. The summed E-state index contributed by atoms with van der Waals surface area (Å²) in [5, 5.41) is 9.54. The third-order valence-corrected chi connectivity index (χ3v) is 8.69. The Hall–Kier alpha value is -5.93. The van der Waals surface area contributed by atoms with Crippen molar-refractivity contribution in [1.29, 1.82) is 0 Å². The lowest BCUT2D eigenvalue weighted by atomic mass is 9.97. The van der Waals surface area contributed by atoms with Gasteiger partial charge < -0.3 is 9.32 Å². The average Bonchev–Trinajstić information content (AvgIpc) is 3.44. The molecular formula is C41H26N2O. The van der Waals surface area contributed by atoms with E-state index in [4.69, 9.17) is 4.42 Å². The predicted octanol–water partition coefficient (Wildman–Crippen LogP) is 11.6. The first-order valence-electron chi connectivity index (χ1n) is 14.9. The molecule has 0 aliphatic heterocycles. The van der Waals surface area contributed by atoms with Crippen LogP contribution in [0.1, 0.15) is 0 Å². The molecule has 7 aromatic carbocycles. The summed E-state index contributed by atoms with van der Waals surface area (Å²) in [6.07, 6.45) is 3.72. The molecule has 0 amide bonds. The van der Waals surface area contributed by atoms with E-state index in [0.29, 0.717) is 0 Å². The van der Waals surface area contributed by atoms with Crippen molar-refractivity contribution in [1.82, 2.24) is 4.98 Å². The number of nitrogens with zero attached hydrogens (tertiary/aromatic N) is 2. The molecule has 0 aliphatic carbocycles. The minimum atomic E-state index is 0.863. The van der Waals surface area contributed by atoms with Gasteiger partial charge in [0.15, 0.2) is 0 Å². The second-order valence-corrected chi connectivity index (χ2v) is 11.3. The van der Waals surface area contributed by atoms with Gasteiger partial charge in [0.2, 0.25) is 0 Å². The maximum Gasteiger partial charge on any atom is 0.137 e. The molecule has 206 valence electrons.